The number of carbonyl (C=O) groups is 2. The molecule has 4 aromatic rings. The van der Waals surface area contributed by atoms with E-state index in [1.54, 1.807) is 28.9 Å². The second-order valence-corrected chi connectivity index (χ2v) is 6.94. The van der Waals surface area contributed by atoms with Crippen LogP contribution in [-0.4, -0.2) is 27.5 Å². The van der Waals surface area contributed by atoms with E-state index in [4.69, 9.17) is 5.11 Å². The number of hydrogen-bond donors (Lipinski definition) is 2. The molecule has 0 radical (unpaired) electrons. The Morgan fingerprint density at radius 2 is 1.81 bits per heavy atom. The van der Waals surface area contributed by atoms with E-state index in [1.165, 1.54) is 36.4 Å². The van der Waals surface area contributed by atoms with Gasteiger partial charge in [-0.1, -0.05) is 12.1 Å². The summed E-state index contributed by atoms with van der Waals surface area (Å²) in [4.78, 5) is 24.3. The molecule has 0 aliphatic carbocycles. The zero-order chi connectivity index (χ0) is 22.0. The monoisotopic (exact) mass is 415 g/mol. The molecule has 0 amide bonds. The quantitative estimate of drug-likeness (QED) is 0.270. The number of carboxylic acid groups (broad SMARTS) is 1. The van der Waals surface area contributed by atoms with E-state index in [1.807, 2.05) is 25.1 Å². The van der Waals surface area contributed by atoms with Crippen molar-refractivity contribution in [2.24, 2.45) is 5.10 Å². The molecule has 0 bridgehead atoms. The van der Waals surface area contributed by atoms with Crippen LogP contribution < -0.4 is 5.43 Å². The van der Waals surface area contributed by atoms with Gasteiger partial charge in [0.15, 0.2) is 0 Å². The number of pyridine rings is 1. The minimum atomic E-state index is -1.02. The Hall–Kier alpha value is -4.26. The van der Waals surface area contributed by atoms with Gasteiger partial charge in [-0.15, -0.1) is 0 Å². The van der Waals surface area contributed by atoms with Crippen molar-refractivity contribution in [2.45, 2.75) is 6.92 Å². The molecule has 2 N–H and O–H groups in total. The Balaban J connectivity index is 1.70. The van der Waals surface area contributed by atoms with Crippen LogP contribution in [0.5, 0.6) is 0 Å². The summed E-state index contributed by atoms with van der Waals surface area (Å²) in [7, 11) is 0. The molecule has 6 nitrogen and oxygen atoms in total. The number of benzene rings is 2. The lowest BCUT2D eigenvalue weighted by atomic mass is 10.0. The Kier molecular flexibility index (Phi) is 5.32. The van der Waals surface area contributed by atoms with Crippen LogP contribution in [0.25, 0.3) is 5.52 Å². The molecule has 2 aromatic carbocycles. The zero-order valence-electron chi connectivity index (χ0n) is 16.5. The van der Waals surface area contributed by atoms with Crippen molar-refractivity contribution >= 4 is 29.2 Å². The number of halogens is 1. The first kappa shape index (κ1) is 20.0. The van der Waals surface area contributed by atoms with Gasteiger partial charge in [-0.2, -0.15) is 5.10 Å². The van der Waals surface area contributed by atoms with Crippen molar-refractivity contribution in [3.05, 3.63) is 107 Å². The topological polar surface area (TPSA) is 83.2 Å². The van der Waals surface area contributed by atoms with Crippen LogP contribution in [0.4, 0.5) is 10.1 Å². The molecule has 0 atom stereocenters. The van der Waals surface area contributed by atoms with Crippen molar-refractivity contribution in [1.29, 1.82) is 0 Å². The summed E-state index contributed by atoms with van der Waals surface area (Å²) in [6.45, 7) is 1.83. The minimum absolute atomic E-state index is 0.151. The van der Waals surface area contributed by atoms with Gasteiger partial charge in [-0.05, 0) is 67.1 Å². The number of fused-ring (bicyclic) bond motifs is 1. The van der Waals surface area contributed by atoms with Crippen LogP contribution in [0, 0.1) is 12.7 Å². The molecule has 7 heteroatoms. The molecule has 0 saturated heterocycles. The highest BCUT2D eigenvalue weighted by molar-refractivity contribution is 6.12. The number of carboxylic acids is 1. The standard InChI is InChI=1S/C24H18FN3O3/c1-15-20(14-26-27-19-6-4-5-17(13-19)24(30)31)21-7-2-3-12-28(21)22(15)23(29)16-8-10-18(25)11-9-16/h2-14,27H,1H3,(H,30,31)/b26-14-. The molecule has 0 saturated carbocycles. The van der Waals surface area contributed by atoms with E-state index in [-0.39, 0.29) is 11.3 Å². The highest BCUT2D eigenvalue weighted by Crippen LogP contribution is 2.24. The van der Waals surface area contributed by atoms with Gasteiger partial charge in [0.05, 0.1) is 28.7 Å². The van der Waals surface area contributed by atoms with Gasteiger partial charge < -0.3 is 9.51 Å². The first-order valence-electron chi connectivity index (χ1n) is 9.48. The maximum absolute atomic E-state index is 13.3. The largest absolute Gasteiger partial charge is 0.478 e. The SMILES string of the molecule is Cc1c(/C=N\Nc2cccc(C(=O)O)c2)c2ccccn2c1C(=O)c1ccc(F)cc1. The molecule has 0 fully saturated rings. The van der Waals surface area contributed by atoms with Gasteiger partial charge in [0.2, 0.25) is 5.78 Å². The number of nitrogens with zero attached hydrogens (tertiary/aromatic N) is 2. The average molecular weight is 415 g/mol. The fourth-order valence-electron chi connectivity index (χ4n) is 3.43. The van der Waals surface area contributed by atoms with Gasteiger partial charge in [0.25, 0.3) is 0 Å². The lowest BCUT2D eigenvalue weighted by Crippen LogP contribution is -2.07. The van der Waals surface area contributed by atoms with Crippen LogP contribution in [0.2, 0.25) is 0 Å². The third-order valence-corrected chi connectivity index (χ3v) is 4.95. The summed E-state index contributed by atoms with van der Waals surface area (Å²) in [5.41, 5.74) is 6.62. The minimum Gasteiger partial charge on any atom is -0.478 e. The van der Waals surface area contributed by atoms with Crippen molar-refractivity contribution in [1.82, 2.24) is 4.40 Å². The van der Waals surface area contributed by atoms with Gasteiger partial charge in [0, 0.05) is 17.3 Å². The summed E-state index contributed by atoms with van der Waals surface area (Å²) in [5, 5.41) is 13.3. The van der Waals surface area contributed by atoms with Crippen LogP contribution in [0.3, 0.4) is 0 Å². The molecule has 4 rings (SSSR count). The van der Waals surface area contributed by atoms with Gasteiger partial charge in [-0.3, -0.25) is 10.2 Å². The maximum atomic E-state index is 13.3. The molecule has 31 heavy (non-hydrogen) atoms. The highest BCUT2D eigenvalue weighted by Gasteiger charge is 2.20. The molecule has 0 spiro atoms. The second-order valence-electron chi connectivity index (χ2n) is 6.94. The fourth-order valence-corrected chi connectivity index (χ4v) is 3.43. The van der Waals surface area contributed by atoms with E-state index >= 15 is 0 Å². The summed E-state index contributed by atoms with van der Waals surface area (Å²) in [5.74, 6) is -1.65. The molecule has 2 heterocycles. The smallest absolute Gasteiger partial charge is 0.335 e. The number of nitrogens with one attached hydrogen (secondary N) is 1. The predicted molar refractivity (Wildman–Crippen MR) is 117 cm³/mol. The zero-order valence-corrected chi connectivity index (χ0v) is 16.5. The van der Waals surface area contributed by atoms with Crippen LogP contribution in [0.1, 0.15) is 37.5 Å². The number of hydrazone groups is 1. The Morgan fingerprint density at radius 3 is 2.55 bits per heavy atom. The lowest BCUT2D eigenvalue weighted by Gasteiger charge is -2.04. The second kappa shape index (κ2) is 8.23. The molecular formula is C24H18FN3O3. The fraction of sp³-hybridized carbons (Fsp3) is 0.0417. The third-order valence-electron chi connectivity index (χ3n) is 4.95. The molecule has 0 unspecified atom stereocenters. The Bertz CT molecular complexity index is 1320. The van der Waals surface area contributed by atoms with Gasteiger partial charge in [-0.25, -0.2) is 9.18 Å². The van der Waals surface area contributed by atoms with Crippen molar-refractivity contribution in [3.63, 3.8) is 0 Å². The van der Waals surface area contributed by atoms with Gasteiger partial charge in [0.1, 0.15) is 5.82 Å². The molecular weight excluding hydrogens is 397 g/mol. The lowest BCUT2D eigenvalue weighted by molar-refractivity contribution is 0.0696. The summed E-state index contributed by atoms with van der Waals surface area (Å²) >= 11 is 0. The molecule has 0 aliphatic heterocycles. The number of anilines is 1. The number of rotatable bonds is 6. The molecule has 0 aliphatic rings. The Labute approximate surface area is 177 Å². The van der Waals surface area contributed by atoms with Crippen molar-refractivity contribution in [2.75, 3.05) is 5.43 Å². The number of carbonyl (C=O) groups excluding carboxylic acids is 1. The van der Waals surface area contributed by atoms with E-state index in [0.29, 0.717) is 16.9 Å². The average Bonchev–Trinajstić information content (AvgIpc) is 3.05. The number of ketones is 1. The van der Waals surface area contributed by atoms with Crippen LogP contribution in [0.15, 0.2) is 78.0 Å². The number of aromatic nitrogens is 1. The van der Waals surface area contributed by atoms with E-state index in [9.17, 15) is 14.0 Å². The van der Waals surface area contributed by atoms with Gasteiger partial charge >= 0.3 is 5.97 Å². The summed E-state index contributed by atoms with van der Waals surface area (Å²) < 4.78 is 15.0. The number of hydrogen-bond acceptors (Lipinski definition) is 4. The van der Waals surface area contributed by atoms with E-state index < -0.39 is 11.8 Å². The van der Waals surface area contributed by atoms with E-state index in [0.717, 1.165) is 16.6 Å². The number of aromatic carboxylic acids is 1. The predicted octanol–water partition coefficient (Wildman–Crippen LogP) is 4.76. The third kappa shape index (κ3) is 3.93. The van der Waals surface area contributed by atoms with Crippen molar-refractivity contribution in [3.8, 4) is 0 Å². The molecule has 154 valence electrons. The first-order valence-corrected chi connectivity index (χ1v) is 9.48. The van der Waals surface area contributed by atoms with Crippen LogP contribution >= 0.6 is 0 Å². The maximum Gasteiger partial charge on any atom is 0.335 e. The molecule has 2 aromatic heterocycles. The van der Waals surface area contributed by atoms with E-state index in [2.05, 4.69) is 10.5 Å². The Morgan fingerprint density at radius 1 is 1.03 bits per heavy atom. The van der Waals surface area contributed by atoms with Crippen molar-refractivity contribution < 1.29 is 19.1 Å². The highest BCUT2D eigenvalue weighted by atomic mass is 19.1. The summed E-state index contributed by atoms with van der Waals surface area (Å²) in [6.07, 6.45) is 3.39. The van der Waals surface area contributed by atoms with Crippen LogP contribution in [-0.2, 0) is 0 Å². The normalized spacial score (nSPS) is 11.2. The summed E-state index contributed by atoms with van der Waals surface area (Å²) in [6, 6.07) is 17.3. The first-order chi connectivity index (χ1) is 15.0.